The third-order valence-corrected chi connectivity index (χ3v) is 10.2. The van der Waals surface area contributed by atoms with Gasteiger partial charge in [0.15, 0.2) is 0 Å². The highest BCUT2D eigenvalue weighted by Crippen LogP contribution is 2.42. The topological polar surface area (TPSA) is 64.6 Å². The second kappa shape index (κ2) is 9.92. The van der Waals surface area contributed by atoms with Gasteiger partial charge in [0.05, 0.1) is 21.8 Å². The zero-order chi connectivity index (χ0) is 19.9. The lowest BCUT2D eigenvalue weighted by Crippen LogP contribution is -2.59. The highest BCUT2D eigenvalue weighted by Gasteiger charge is 2.47. The number of amides is 1. The fourth-order valence-electron chi connectivity index (χ4n) is 4.55. The Hall–Kier alpha value is -1.82. The highest BCUT2D eigenvalue weighted by atomic mass is 28.3. The molecule has 0 aromatic heterocycles. The smallest absolute Gasteiger partial charge is 0.407 e. The average molecular weight is 392 g/mol. The number of ether oxygens (including phenoxy) is 2. The maximum absolute atomic E-state index is 12.7. The molecule has 0 radical (unpaired) electrons. The number of rotatable bonds is 7. The van der Waals surface area contributed by atoms with E-state index in [1.165, 1.54) is 31.6 Å². The van der Waals surface area contributed by atoms with Gasteiger partial charge in [-0.3, -0.25) is 0 Å². The first-order valence-corrected chi connectivity index (χ1v) is 13.1. The van der Waals surface area contributed by atoms with Gasteiger partial charge in [-0.2, -0.15) is 0 Å². The van der Waals surface area contributed by atoms with Crippen LogP contribution in [-0.4, -0.2) is 39.9 Å². The first kappa shape index (κ1) is 21.5. The van der Waals surface area contributed by atoms with Gasteiger partial charge in [-0.15, -0.1) is 0 Å². The van der Waals surface area contributed by atoms with Crippen molar-refractivity contribution in [2.45, 2.75) is 63.7 Å². The van der Waals surface area contributed by atoms with Crippen LogP contribution < -0.4 is 10.5 Å². The Bertz CT molecular complexity index is 614. The van der Waals surface area contributed by atoms with Crippen molar-refractivity contribution in [3.63, 3.8) is 0 Å². The molecule has 6 heteroatoms. The zero-order valence-corrected chi connectivity index (χ0v) is 18.0. The van der Waals surface area contributed by atoms with E-state index in [9.17, 15) is 9.59 Å². The fourth-order valence-corrected chi connectivity index (χ4v) is 8.55. The molecule has 150 valence electrons. The van der Waals surface area contributed by atoms with Crippen molar-refractivity contribution in [2.24, 2.45) is 5.92 Å². The summed E-state index contributed by atoms with van der Waals surface area (Å²) in [5, 5.41) is 4.13. The lowest BCUT2D eigenvalue weighted by atomic mass is 9.84. The van der Waals surface area contributed by atoms with E-state index in [1.54, 1.807) is 6.92 Å². The van der Waals surface area contributed by atoms with E-state index in [1.807, 2.05) is 18.2 Å². The maximum Gasteiger partial charge on any atom is 0.407 e. The molecule has 1 aliphatic rings. The number of hydrogen-bond acceptors (Lipinski definition) is 4. The number of esters is 1. The molecular formula is C21H33NO4Si. The Morgan fingerprint density at radius 2 is 1.78 bits per heavy atom. The van der Waals surface area contributed by atoms with E-state index in [0.29, 0.717) is 5.92 Å². The SMILES string of the molecule is CCOC(=O)N[C@@H](C(=O)OC)[C@H](C1CCCCC1)[Si](C)(C)c1ccccc1. The zero-order valence-electron chi connectivity index (χ0n) is 17.0. The average Bonchev–Trinajstić information content (AvgIpc) is 2.68. The minimum atomic E-state index is -2.10. The monoisotopic (exact) mass is 391 g/mol. The van der Waals surface area contributed by atoms with Gasteiger partial charge in [0.1, 0.15) is 6.04 Å². The van der Waals surface area contributed by atoms with Crippen LogP contribution in [0.1, 0.15) is 39.0 Å². The van der Waals surface area contributed by atoms with Crippen LogP contribution in [0, 0.1) is 5.92 Å². The second-order valence-corrected chi connectivity index (χ2v) is 12.6. The van der Waals surface area contributed by atoms with Crippen LogP contribution in [0.15, 0.2) is 30.3 Å². The Labute approximate surface area is 163 Å². The van der Waals surface area contributed by atoms with Crippen molar-refractivity contribution in [2.75, 3.05) is 13.7 Å². The van der Waals surface area contributed by atoms with Crippen LogP contribution in [0.2, 0.25) is 18.6 Å². The van der Waals surface area contributed by atoms with E-state index in [2.05, 4.69) is 30.5 Å². The summed E-state index contributed by atoms with van der Waals surface area (Å²) in [6, 6.07) is 9.74. The van der Waals surface area contributed by atoms with Gasteiger partial charge in [0, 0.05) is 0 Å². The third kappa shape index (κ3) is 5.34. The van der Waals surface area contributed by atoms with Crippen molar-refractivity contribution in [3.05, 3.63) is 30.3 Å². The van der Waals surface area contributed by atoms with Gasteiger partial charge in [0.25, 0.3) is 0 Å². The summed E-state index contributed by atoms with van der Waals surface area (Å²) in [5.41, 5.74) is 0.0528. The molecule has 0 heterocycles. The quantitative estimate of drug-likeness (QED) is 0.566. The van der Waals surface area contributed by atoms with E-state index in [0.717, 1.165) is 12.8 Å². The molecular weight excluding hydrogens is 358 g/mol. The van der Waals surface area contributed by atoms with Crippen LogP contribution in [0.4, 0.5) is 4.79 Å². The largest absolute Gasteiger partial charge is 0.467 e. The van der Waals surface area contributed by atoms with Crippen molar-refractivity contribution in [1.82, 2.24) is 5.32 Å². The van der Waals surface area contributed by atoms with Crippen LogP contribution in [0.5, 0.6) is 0 Å². The first-order chi connectivity index (χ1) is 12.9. The number of hydrogen-bond donors (Lipinski definition) is 1. The number of carbonyl (C=O) groups is 2. The van der Waals surface area contributed by atoms with Crippen LogP contribution in [0.3, 0.4) is 0 Å². The van der Waals surface area contributed by atoms with Crippen molar-refractivity contribution in [1.29, 1.82) is 0 Å². The molecule has 0 aliphatic heterocycles. The molecule has 2 rings (SSSR count). The summed E-state index contributed by atoms with van der Waals surface area (Å²) in [7, 11) is -0.713. The van der Waals surface area contributed by atoms with Crippen LogP contribution in [-0.2, 0) is 14.3 Å². The van der Waals surface area contributed by atoms with Crippen molar-refractivity contribution >= 4 is 25.3 Å². The van der Waals surface area contributed by atoms with Gasteiger partial charge in [0.2, 0.25) is 0 Å². The predicted octanol–water partition coefficient (Wildman–Crippen LogP) is 3.84. The Morgan fingerprint density at radius 3 is 2.33 bits per heavy atom. The molecule has 1 N–H and O–H groups in total. The predicted molar refractivity (Wildman–Crippen MR) is 110 cm³/mol. The van der Waals surface area contributed by atoms with E-state index < -0.39 is 20.2 Å². The number of carbonyl (C=O) groups excluding carboxylic acids is 2. The molecule has 1 aromatic carbocycles. The lowest BCUT2D eigenvalue weighted by Gasteiger charge is -2.43. The molecule has 1 amide bonds. The Balaban J connectivity index is 2.44. The summed E-state index contributed by atoms with van der Waals surface area (Å²) in [5.74, 6) is 0.0155. The molecule has 0 bridgehead atoms. The van der Waals surface area contributed by atoms with E-state index >= 15 is 0 Å². The fraction of sp³-hybridized carbons (Fsp3) is 0.619. The number of nitrogens with one attached hydrogen (secondary N) is 1. The molecule has 0 spiro atoms. The van der Waals surface area contributed by atoms with E-state index in [4.69, 9.17) is 9.47 Å². The molecule has 5 nitrogen and oxygen atoms in total. The molecule has 1 fully saturated rings. The molecule has 1 aromatic rings. The van der Waals surface area contributed by atoms with Crippen molar-refractivity contribution in [3.8, 4) is 0 Å². The van der Waals surface area contributed by atoms with Gasteiger partial charge < -0.3 is 14.8 Å². The minimum absolute atomic E-state index is 0.0528. The van der Waals surface area contributed by atoms with Crippen LogP contribution in [0.25, 0.3) is 0 Å². The molecule has 2 atom stereocenters. The summed E-state index contributed by atoms with van der Waals surface area (Å²) in [6.07, 6.45) is 5.22. The summed E-state index contributed by atoms with van der Waals surface area (Å²) >= 11 is 0. The lowest BCUT2D eigenvalue weighted by molar-refractivity contribution is -0.143. The Kier molecular flexibility index (Phi) is 7.89. The number of alkyl carbamates (subject to hydrolysis) is 1. The first-order valence-electron chi connectivity index (χ1n) is 9.98. The van der Waals surface area contributed by atoms with Gasteiger partial charge in [-0.1, -0.05) is 80.7 Å². The Morgan fingerprint density at radius 1 is 1.15 bits per heavy atom. The molecule has 1 aliphatic carbocycles. The molecule has 0 unspecified atom stereocenters. The standard InChI is InChI=1S/C21H33NO4Si/c1-5-26-21(24)22-18(20(23)25-2)19(16-12-8-6-9-13-16)27(3,4)17-14-10-7-11-15-17/h7,10-11,14-16,18-19H,5-6,8-9,12-13H2,1-4H3,(H,22,24)/t18-,19+/m1/s1. The van der Waals surface area contributed by atoms with Gasteiger partial charge >= 0.3 is 12.1 Å². The normalized spacial score (nSPS) is 17.6. The summed E-state index contributed by atoms with van der Waals surface area (Å²) < 4.78 is 10.2. The molecule has 1 saturated carbocycles. The number of methoxy groups -OCH3 is 1. The summed E-state index contributed by atoms with van der Waals surface area (Å²) in [4.78, 5) is 24.9. The molecule has 27 heavy (non-hydrogen) atoms. The molecule has 0 saturated heterocycles. The van der Waals surface area contributed by atoms with E-state index in [-0.39, 0.29) is 18.1 Å². The summed E-state index contributed by atoms with van der Waals surface area (Å²) in [6.45, 7) is 6.62. The van der Waals surface area contributed by atoms with Gasteiger partial charge in [-0.05, 0) is 18.4 Å². The second-order valence-electron chi connectivity index (χ2n) is 7.88. The maximum atomic E-state index is 12.7. The minimum Gasteiger partial charge on any atom is -0.467 e. The third-order valence-electron chi connectivity index (χ3n) is 5.87. The van der Waals surface area contributed by atoms with Gasteiger partial charge in [-0.25, -0.2) is 9.59 Å². The van der Waals surface area contributed by atoms with Crippen molar-refractivity contribution < 1.29 is 19.1 Å². The van der Waals surface area contributed by atoms with Crippen LogP contribution >= 0.6 is 0 Å². The highest BCUT2D eigenvalue weighted by molar-refractivity contribution is 6.91. The number of benzene rings is 1.